The zero-order valence-electron chi connectivity index (χ0n) is 8.46. The van der Waals surface area contributed by atoms with Crippen LogP contribution in [0.15, 0.2) is 22.7 Å². The molecular formula is C12H16BrN. The van der Waals surface area contributed by atoms with E-state index in [-0.39, 0.29) is 6.04 Å². The highest BCUT2D eigenvalue weighted by atomic mass is 79.9. The van der Waals surface area contributed by atoms with Gasteiger partial charge in [-0.2, -0.15) is 0 Å². The Labute approximate surface area is 93.8 Å². The van der Waals surface area contributed by atoms with Crippen LogP contribution >= 0.6 is 15.9 Å². The van der Waals surface area contributed by atoms with Gasteiger partial charge in [0.05, 0.1) is 0 Å². The van der Waals surface area contributed by atoms with Crippen LogP contribution in [-0.2, 0) is 0 Å². The molecule has 1 atom stereocenters. The van der Waals surface area contributed by atoms with Gasteiger partial charge < -0.3 is 5.73 Å². The summed E-state index contributed by atoms with van der Waals surface area (Å²) in [5.74, 6) is 0.887. The van der Waals surface area contributed by atoms with Gasteiger partial charge in [-0.3, -0.25) is 0 Å². The van der Waals surface area contributed by atoms with Crippen molar-refractivity contribution in [2.75, 3.05) is 0 Å². The number of hydrogen-bond acceptors (Lipinski definition) is 1. The predicted octanol–water partition coefficient (Wildman–Crippen LogP) is 3.56. The molecule has 0 heterocycles. The summed E-state index contributed by atoms with van der Waals surface area (Å²) in [7, 11) is 0. The van der Waals surface area contributed by atoms with Crippen LogP contribution in [-0.4, -0.2) is 0 Å². The molecule has 0 aromatic heterocycles. The van der Waals surface area contributed by atoms with E-state index in [4.69, 9.17) is 5.73 Å². The fraction of sp³-hybridized carbons (Fsp3) is 0.500. The van der Waals surface area contributed by atoms with E-state index in [1.165, 1.54) is 24.0 Å². The normalized spacial score (nSPS) is 18.2. The quantitative estimate of drug-likeness (QED) is 0.876. The number of hydrogen-bond donors (Lipinski definition) is 1. The summed E-state index contributed by atoms with van der Waals surface area (Å²) in [6.45, 7) is 2.10. The van der Waals surface area contributed by atoms with Crippen LogP contribution in [0.3, 0.4) is 0 Å². The second kappa shape index (κ2) is 4.03. The molecule has 76 valence electrons. The van der Waals surface area contributed by atoms with Crippen LogP contribution in [0.4, 0.5) is 0 Å². The van der Waals surface area contributed by atoms with Crippen molar-refractivity contribution in [3.05, 3.63) is 33.8 Å². The molecular weight excluding hydrogens is 238 g/mol. The summed E-state index contributed by atoms with van der Waals surface area (Å²) in [5.41, 5.74) is 8.69. The molecule has 0 bridgehead atoms. The number of rotatable bonds is 3. The van der Waals surface area contributed by atoms with Crippen molar-refractivity contribution in [2.24, 2.45) is 11.7 Å². The van der Waals surface area contributed by atoms with Crippen molar-refractivity contribution in [2.45, 2.75) is 32.2 Å². The van der Waals surface area contributed by atoms with E-state index in [1.807, 2.05) is 0 Å². The molecule has 2 rings (SSSR count). The maximum Gasteiger partial charge on any atom is 0.0308 e. The fourth-order valence-corrected chi connectivity index (χ4v) is 2.56. The molecule has 1 aromatic rings. The molecule has 2 N–H and O–H groups in total. The summed E-state index contributed by atoms with van der Waals surface area (Å²) in [4.78, 5) is 0. The van der Waals surface area contributed by atoms with Crippen molar-refractivity contribution in [3.8, 4) is 0 Å². The Bertz CT molecular complexity index is 331. The van der Waals surface area contributed by atoms with Gasteiger partial charge in [-0.05, 0) is 36.5 Å². The Hall–Kier alpha value is -0.340. The average Bonchev–Trinajstić information content (AvgIpc) is 2.87. The molecule has 1 saturated carbocycles. The predicted molar refractivity (Wildman–Crippen MR) is 63.1 cm³/mol. The Kier molecular flexibility index (Phi) is 2.93. The molecule has 0 spiro atoms. The molecule has 1 aromatic carbocycles. The SMILES string of the molecule is Cc1ccc([C@@H](N)CC2CC2)c(Br)c1. The van der Waals surface area contributed by atoms with Gasteiger partial charge in [0.25, 0.3) is 0 Å². The highest BCUT2D eigenvalue weighted by Crippen LogP contribution is 2.38. The average molecular weight is 254 g/mol. The largest absolute Gasteiger partial charge is 0.324 e. The van der Waals surface area contributed by atoms with Gasteiger partial charge in [0, 0.05) is 10.5 Å². The maximum atomic E-state index is 6.16. The number of benzene rings is 1. The minimum Gasteiger partial charge on any atom is -0.324 e. The Morgan fingerprint density at radius 3 is 2.79 bits per heavy atom. The molecule has 1 aliphatic rings. The molecule has 0 saturated heterocycles. The zero-order chi connectivity index (χ0) is 10.1. The molecule has 14 heavy (non-hydrogen) atoms. The van der Waals surface area contributed by atoms with Crippen molar-refractivity contribution < 1.29 is 0 Å². The summed E-state index contributed by atoms with van der Waals surface area (Å²) < 4.78 is 1.16. The lowest BCUT2D eigenvalue weighted by atomic mass is 10.0. The number of aryl methyl sites for hydroxylation is 1. The van der Waals surface area contributed by atoms with Gasteiger partial charge in [-0.15, -0.1) is 0 Å². The van der Waals surface area contributed by atoms with Crippen molar-refractivity contribution >= 4 is 15.9 Å². The lowest BCUT2D eigenvalue weighted by Gasteiger charge is -2.13. The van der Waals surface area contributed by atoms with Gasteiger partial charge in [-0.25, -0.2) is 0 Å². The summed E-state index contributed by atoms with van der Waals surface area (Å²) in [6.07, 6.45) is 3.88. The Morgan fingerprint density at radius 2 is 2.21 bits per heavy atom. The van der Waals surface area contributed by atoms with Gasteiger partial charge in [0.2, 0.25) is 0 Å². The number of nitrogens with two attached hydrogens (primary N) is 1. The molecule has 0 radical (unpaired) electrons. The van der Waals surface area contributed by atoms with Gasteiger partial charge >= 0.3 is 0 Å². The minimum absolute atomic E-state index is 0.206. The van der Waals surface area contributed by atoms with E-state index < -0.39 is 0 Å². The van der Waals surface area contributed by atoms with E-state index >= 15 is 0 Å². The van der Waals surface area contributed by atoms with Crippen LogP contribution < -0.4 is 5.73 Å². The summed E-state index contributed by atoms with van der Waals surface area (Å²) in [5, 5.41) is 0. The molecule has 0 unspecified atom stereocenters. The summed E-state index contributed by atoms with van der Waals surface area (Å²) in [6, 6.07) is 6.62. The van der Waals surface area contributed by atoms with Gasteiger partial charge in [0.15, 0.2) is 0 Å². The van der Waals surface area contributed by atoms with Crippen molar-refractivity contribution in [3.63, 3.8) is 0 Å². The molecule has 1 nitrogen and oxygen atoms in total. The summed E-state index contributed by atoms with van der Waals surface area (Å²) >= 11 is 3.58. The highest BCUT2D eigenvalue weighted by Gasteiger charge is 2.25. The van der Waals surface area contributed by atoms with E-state index in [2.05, 4.69) is 41.1 Å². The van der Waals surface area contributed by atoms with E-state index in [0.29, 0.717) is 0 Å². The minimum atomic E-state index is 0.206. The first-order chi connectivity index (χ1) is 6.66. The zero-order valence-corrected chi connectivity index (χ0v) is 10.0. The molecule has 0 amide bonds. The lowest BCUT2D eigenvalue weighted by molar-refractivity contribution is 0.595. The van der Waals surface area contributed by atoms with E-state index in [0.717, 1.165) is 16.8 Å². The van der Waals surface area contributed by atoms with E-state index in [9.17, 15) is 0 Å². The number of halogens is 1. The first kappa shape index (κ1) is 10.2. The molecule has 1 fully saturated rings. The van der Waals surface area contributed by atoms with Crippen LogP contribution in [0.1, 0.15) is 36.4 Å². The first-order valence-electron chi connectivity index (χ1n) is 5.18. The monoisotopic (exact) mass is 253 g/mol. The third-order valence-corrected chi connectivity index (χ3v) is 3.53. The highest BCUT2D eigenvalue weighted by molar-refractivity contribution is 9.10. The molecule has 0 aliphatic heterocycles. The molecule has 2 heteroatoms. The van der Waals surface area contributed by atoms with Crippen molar-refractivity contribution in [1.29, 1.82) is 0 Å². The third-order valence-electron chi connectivity index (χ3n) is 2.84. The van der Waals surface area contributed by atoms with E-state index in [1.54, 1.807) is 0 Å². The standard InChI is InChI=1S/C12H16BrN/c1-8-2-5-10(11(13)6-8)12(14)7-9-3-4-9/h2,5-6,9,12H,3-4,7,14H2,1H3/t12-/m0/s1. The van der Waals surface area contributed by atoms with Crippen LogP contribution in [0.25, 0.3) is 0 Å². The van der Waals surface area contributed by atoms with Gasteiger partial charge in [0.1, 0.15) is 0 Å². The topological polar surface area (TPSA) is 26.0 Å². The van der Waals surface area contributed by atoms with Crippen LogP contribution in [0.2, 0.25) is 0 Å². The second-order valence-corrected chi connectivity index (χ2v) is 5.16. The third kappa shape index (κ3) is 2.37. The van der Waals surface area contributed by atoms with Crippen molar-refractivity contribution in [1.82, 2.24) is 0 Å². The second-order valence-electron chi connectivity index (χ2n) is 4.31. The van der Waals surface area contributed by atoms with Gasteiger partial charge in [-0.1, -0.05) is 40.9 Å². The smallest absolute Gasteiger partial charge is 0.0308 e. The maximum absolute atomic E-state index is 6.16. The Morgan fingerprint density at radius 1 is 1.50 bits per heavy atom. The first-order valence-corrected chi connectivity index (χ1v) is 5.98. The van der Waals surface area contributed by atoms with Crippen LogP contribution in [0, 0.1) is 12.8 Å². The Balaban J connectivity index is 2.13. The lowest BCUT2D eigenvalue weighted by Crippen LogP contribution is -2.11. The molecule has 1 aliphatic carbocycles. The fourth-order valence-electron chi connectivity index (χ4n) is 1.77. The van der Waals surface area contributed by atoms with Crippen LogP contribution in [0.5, 0.6) is 0 Å².